The zero-order valence-electron chi connectivity index (χ0n) is 10.8. The minimum absolute atomic E-state index is 0.181. The number of thioether (sulfide) groups is 1. The molecule has 5 heteroatoms. The summed E-state index contributed by atoms with van der Waals surface area (Å²) in [6, 6.07) is 11.9. The predicted octanol–water partition coefficient (Wildman–Crippen LogP) is 2.81. The molecule has 1 N–H and O–H groups in total. The highest BCUT2D eigenvalue weighted by atomic mass is 32.2. The van der Waals surface area contributed by atoms with E-state index in [1.165, 1.54) is 0 Å². The predicted molar refractivity (Wildman–Crippen MR) is 77.6 cm³/mol. The Morgan fingerprint density at radius 2 is 2.10 bits per heavy atom. The number of nitriles is 1. The minimum Gasteiger partial charge on any atom is -0.309 e. The van der Waals surface area contributed by atoms with Crippen LogP contribution < -0.4 is 5.56 Å². The summed E-state index contributed by atoms with van der Waals surface area (Å²) >= 11 is 1.62. The van der Waals surface area contributed by atoms with Gasteiger partial charge in [-0.3, -0.25) is 4.79 Å². The molecule has 0 aliphatic heterocycles. The van der Waals surface area contributed by atoms with Crippen molar-refractivity contribution < 1.29 is 0 Å². The van der Waals surface area contributed by atoms with Crippen LogP contribution in [0, 0.1) is 11.3 Å². The molecule has 1 fully saturated rings. The first-order valence-electron chi connectivity index (χ1n) is 6.49. The first-order valence-corrected chi connectivity index (χ1v) is 7.47. The summed E-state index contributed by atoms with van der Waals surface area (Å²) in [6.07, 6.45) is 2.05. The van der Waals surface area contributed by atoms with E-state index in [0.29, 0.717) is 23.2 Å². The minimum atomic E-state index is -0.312. The fourth-order valence-corrected chi connectivity index (χ4v) is 2.83. The van der Waals surface area contributed by atoms with Crippen LogP contribution in [-0.4, -0.2) is 9.97 Å². The molecule has 3 rings (SSSR count). The molecule has 4 nitrogen and oxygen atoms in total. The normalized spacial score (nSPS) is 13.9. The number of H-pyrrole nitrogens is 1. The Morgan fingerprint density at radius 1 is 1.35 bits per heavy atom. The summed E-state index contributed by atoms with van der Waals surface area (Å²) in [5, 5.41) is 9.06. The maximum atomic E-state index is 11.9. The van der Waals surface area contributed by atoms with Gasteiger partial charge in [-0.15, -0.1) is 11.8 Å². The Bertz CT molecular complexity index is 714. The summed E-state index contributed by atoms with van der Waals surface area (Å²) in [7, 11) is 0. The molecule has 0 atom stereocenters. The van der Waals surface area contributed by atoms with Crippen molar-refractivity contribution in [3.8, 4) is 6.07 Å². The van der Waals surface area contributed by atoms with Crippen LogP contribution in [0.2, 0.25) is 0 Å². The first-order chi connectivity index (χ1) is 9.78. The second-order valence-electron chi connectivity index (χ2n) is 4.76. The quantitative estimate of drug-likeness (QED) is 0.876. The van der Waals surface area contributed by atoms with E-state index >= 15 is 0 Å². The summed E-state index contributed by atoms with van der Waals surface area (Å²) in [5.74, 6) is 1.54. The molecule has 1 aliphatic rings. The second kappa shape index (κ2) is 5.51. The van der Waals surface area contributed by atoms with Crippen LogP contribution >= 0.6 is 11.8 Å². The van der Waals surface area contributed by atoms with Gasteiger partial charge in [-0.05, 0) is 25.0 Å². The molecule has 0 spiro atoms. The van der Waals surface area contributed by atoms with Crippen LogP contribution in [0.4, 0.5) is 0 Å². The fraction of sp³-hybridized carbons (Fsp3) is 0.267. The largest absolute Gasteiger partial charge is 0.309 e. The van der Waals surface area contributed by atoms with Gasteiger partial charge in [0.05, 0.1) is 11.4 Å². The van der Waals surface area contributed by atoms with Crippen molar-refractivity contribution in [2.24, 2.45) is 0 Å². The summed E-state index contributed by atoms with van der Waals surface area (Å²) in [4.78, 5) is 20.2. The number of nitrogens with zero attached hydrogens (tertiary/aromatic N) is 2. The maximum Gasteiger partial charge on any atom is 0.269 e. The molecular weight excluding hydrogens is 270 g/mol. The monoisotopic (exact) mass is 283 g/mol. The van der Waals surface area contributed by atoms with Crippen molar-refractivity contribution >= 4 is 11.8 Å². The fourth-order valence-electron chi connectivity index (χ4n) is 2.04. The molecule has 0 radical (unpaired) electrons. The van der Waals surface area contributed by atoms with Gasteiger partial charge in [0.25, 0.3) is 5.56 Å². The standard InChI is InChI=1S/C15H13N3OS/c16-8-12-14(10-6-7-10)17-13(18-15(12)19)9-20-11-4-2-1-3-5-11/h1-5,10H,6-7,9H2,(H,17,18,19). The molecule has 1 aliphatic carbocycles. The number of rotatable bonds is 4. The maximum absolute atomic E-state index is 11.9. The van der Waals surface area contributed by atoms with Crippen LogP contribution in [-0.2, 0) is 5.75 Å². The van der Waals surface area contributed by atoms with Crippen LogP contribution in [0.15, 0.2) is 40.0 Å². The average Bonchev–Trinajstić information content (AvgIpc) is 3.30. The third-order valence-electron chi connectivity index (χ3n) is 3.19. The molecule has 1 aromatic carbocycles. The lowest BCUT2D eigenvalue weighted by molar-refractivity contribution is 0.902. The van der Waals surface area contributed by atoms with Gasteiger partial charge in [-0.25, -0.2) is 4.98 Å². The number of aromatic amines is 1. The van der Waals surface area contributed by atoms with Crippen molar-refractivity contribution in [1.29, 1.82) is 5.26 Å². The van der Waals surface area contributed by atoms with Gasteiger partial charge in [0.2, 0.25) is 0 Å². The van der Waals surface area contributed by atoms with E-state index in [0.717, 1.165) is 17.7 Å². The van der Waals surface area contributed by atoms with Gasteiger partial charge in [0.15, 0.2) is 0 Å². The molecule has 100 valence electrons. The van der Waals surface area contributed by atoms with Crippen molar-refractivity contribution in [1.82, 2.24) is 9.97 Å². The average molecular weight is 283 g/mol. The van der Waals surface area contributed by atoms with Gasteiger partial charge >= 0.3 is 0 Å². The molecular formula is C15H13N3OS. The van der Waals surface area contributed by atoms with Crippen molar-refractivity contribution in [3.05, 3.63) is 57.8 Å². The topological polar surface area (TPSA) is 69.5 Å². The molecule has 0 saturated heterocycles. The van der Waals surface area contributed by atoms with Crippen LogP contribution in [0.5, 0.6) is 0 Å². The van der Waals surface area contributed by atoms with E-state index in [9.17, 15) is 4.79 Å². The highest BCUT2D eigenvalue weighted by Crippen LogP contribution is 2.39. The first kappa shape index (κ1) is 12.9. The Kier molecular flexibility index (Phi) is 3.57. The number of hydrogen-bond donors (Lipinski definition) is 1. The van der Waals surface area contributed by atoms with Crippen molar-refractivity contribution in [2.75, 3.05) is 0 Å². The van der Waals surface area contributed by atoms with E-state index in [1.807, 2.05) is 36.4 Å². The van der Waals surface area contributed by atoms with Crippen LogP contribution in [0.1, 0.15) is 35.8 Å². The number of nitrogens with one attached hydrogen (secondary N) is 1. The Labute approximate surface area is 120 Å². The third-order valence-corrected chi connectivity index (χ3v) is 4.21. The van der Waals surface area contributed by atoms with E-state index in [-0.39, 0.29) is 11.1 Å². The zero-order chi connectivity index (χ0) is 13.9. The zero-order valence-corrected chi connectivity index (χ0v) is 11.6. The summed E-state index contributed by atoms with van der Waals surface area (Å²) in [5.41, 5.74) is 0.550. The van der Waals surface area contributed by atoms with E-state index in [4.69, 9.17) is 5.26 Å². The van der Waals surface area contributed by atoms with Gasteiger partial charge < -0.3 is 4.98 Å². The smallest absolute Gasteiger partial charge is 0.269 e. The highest BCUT2D eigenvalue weighted by molar-refractivity contribution is 7.98. The van der Waals surface area contributed by atoms with Gasteiger partial charge in [-0.2, -0.15) is 5.26 Å². The molecule has 2 aromatic rings. The van der Waals surface area contributed by atoms with Crippen molar-refractivity contribution in [3.63, 3.8) is 0 Å². The molecule has 1 saturated carbocycles. The summed E-state index contributed by atoms with van der Waals surface area (Å²) < 4.78 is 0. The van der Waals surface area contributed by atoms with Gasteiger partial charge in [0.1, 0.15) is 17.5 Å². The highest BCUT2D eigenvalue weighted by Gasteiger charge is 2.29. The second-order valence-corrected chi connectivity index (χ2v) is 5.81. The van der Waals surface area contributed by atoms with E-state index in [2.05, 4.69) is 9.97 Å². The number of aromatic nitrogens is 2. The van der Waals surface area contributed by atoms with Crippen LogP contribution in [0.3, 0.4) is 0 Å². The molecule has 1 aromatic heterocycles. The molecule has 1 heterocycles. The SMILES string of the molecule is N#Cc1c(C2CC2)nc(CSc2ccccc2)[nH]c1=O. The van der Waals surface area contributed by atoms with Gasteiger partial charge in [-0.1, -0.05) is 18.2 Å². The number of hydrogen-bond acceptors (Lipinski definition) is 4. The lowest BCUT2D eigenvalue weighted by Crippen LogP contribution is -2.17. The van der Waals surface area contributed by atoms with Crippen molar-refractivity contribution in [2.45, 2.75) is 29.4 Å². The Hall–Kier alpha value is -2.06. The lowest BCUT2D eigenvalue weighted by Gasteiger charge is -2.05. The van der Waals surface area contributed by atoms with Crippen LogP contribution in [0.25, 0.3) is 0 Å². The summed E-state index contributed by atoms with van der Waals surface area (Å²) in [6.45, 7) is 0. The molecule has 0 amide bonds. The number of benzene rings is 1. The lowest BCUT2D eigenvalue weighted by atomic mass is 10.2. The van der Waals surface area contributed by atoms with E-state index in [1.54, 1.807) is 11.8 Å². The Morgan fingerprint density at radius 3 is 2.75 bits per heavy atom. The van der Waals surface area contributed by atoms with Gasteiger partial charge in [0, 0.05) is 10.8 Å². The van der Waals surface area contributed by atoms with E-state index < -0.39 is 0 Å². The molecule has 0 unspecified atom stereocenters. The Balaban J connectivity index is 1.84. The molecule has 20 heavy (non-hydrogen) atoms. The molecule has 0 bridgehead atoms. The third kappa shape index (κ3) is 2.75.